The second-order valence-corrected chi connectivity index (χ2v) is 5.08. The van der Waals surface area contributed by atoms with Gasteiger partial charge in [0.15, 0.2) is 0 Å². The minimum absolute atomic E-state index is 0.442. The lowest BCUT2D eigenvalue weighted by molar-refractivity contribution is 0.00134. The van der Waals surface area contributed by atoms with Crippen molar-refractivity contribution in [1.82, 2.24) is 0 Å². The Morgan fingerprint density at radius 3 is 2.27 bits per heavy atom. The first kappa shape index (κ1) is 14.7. The fourth-order valence-electron chi connectivity index (χ4n) is 1.56. The van der Waals surface area contributed by atoms with Gasteiger partial charge in [-0.15, -0.1) is 6.58 Å². The lowest BCUT2D eigenvalue weighted by Gasteiger charge is -2.22. The Labute approximate surface area is 95.9 Å². The summed E-state index contributed by atoms with van der Waals surface area (Å²) in [5.41, 5.74) is 0. The van der Waals surface area contributed by atoms with E-state index in [9.17, 15) is 0 Å². The maximum Gasteiger partial charge on any atom is 0.0598 e. The second kappa shape index (κ2) is 8.96. The third kappa shape index (κ3) is 8.68. The van der Waals surface area contributed by atoms with Gasteiger partial charge in [0.1, 0.15) is 0 Å². The highest BCUT2D eigenvalue weighted by molar-refractivity contribution is 4.68. The summed E-state index contributed by atoms with van der Waals surface area (Å²) in [4.78, 5) is 0. The van der Waals surface area contributed by atoms with E-state index in [1.807, 2.05) is 6.08 Å². The summed E-state index contributed by atoms with van der Waals surface area (Å²) in [6, 6.07) is 0. The van der Waals surface area contributed by atoms with Crippen LogP contribution in [0.1, 0.15) is 53.4 Å². The van der Waals surface area contributed by atoms with Crippen molar-refractivity contribution in [1.29, 1.82) is 0 Å². The fraction of sp³-hybridized carbons (Fsp3) is 0.857. The molecule has 90 valence electrons. The summed E-state index contributed by atoms with van der Waals surface area (Å²) in [6.45, 7) is 13.5. The van der Waals surface area contributed by atoms with Gasteiger partial charge in [0, 0.05) is 6.61 Å². The summed E-state index contributed by atoms with van der Waals surface area (Å²) in [5, 5.41) is 0. The molecule has 0 aromatic rings. The van der Waals surface area contributed by atoms with Crippen molar-refractivity contribution in [2.24, 2.45) is 11.8 Å². The number of hydrogen-bond donors (Lipinski definition) is 0. The van der Waals surface area contributed by atoms with Gasteiger partial charge in [-0.1, -0.05) is 40.2 Å². The Balaban J connectivity index is 3.68. The first-order valence-corrected chi connectivity index (χ1v) is 6.30. The molecule has 0 rings (SSSR count). The molecule has 0 aliphatic rings. The average molecular weight is 212 g/mol. The van der Waals surface area contributed by atoms with Crippen LogP contribution in [0, 0.1) is 11.8 Å². The maximum absolute atomic E-state index is 5.92. The smallest absolute Gasteiger partial charge is 0.0598 e. The van der Waals surface area contributed by atoms with Gasteiger partial charge in [-0.25, -0.2) is 0 Å². The predicted molar refractivity (Wildman–Crippen MR) is 68.1 cm³/mol. The molecule has 1 nitrogen and oxygen atoms in total. The Morgan fingerprint density at radius 2 is 1.80 bits per heavy atom. The van der Waals surface area contributed by atoms with Gasteiger partial charge in [-0.05, 0) is 31.1 Å². The third-order valence-electron chi connectivity index (χ3n) is 2.53. The minimum Gasteiger partial charge on any atom is -0.378 e. The van der Waals surface area contributed by atoms with Gasteiger partial charge < -0.3 is 4.74 Å². The molecule has 15 heavy (non-hydrogen) atoms. The van der Waals surface area contributed by atoms with Gasteiger partial charge in [0.25, 0.3) is 0 Å². The van der Waals surface area contributed by atoms with E-state index in [1.54, 1.807) is 0 Å². The zero-order valence-corrected chi connectivity index (χ0v) is 11.0. The molecular formula is C14H28O. The van der Waals surface area contributed by atoms with Crippen molar-refractivity contribution in [2.75, 3.05) is 6.61 Å². The standard InChI is InChI=1S/C14H28O/c1-6-7-8-9-10-14(13(4)5)15-11-12(2)3/h6,12-14H,1,7-11H2,2-5H3. The van der Waals surface area contributed by atoms with E-state index in [0.717, 1.165) is 13.0 Å². The number of hydrogen-bond acceptors (Lipinski definition) is 1. The van der Waals surface area contributed by atoms with Crippen LogP contribution in [0.15, 0.2) is 12.7 Å². The highest BCUT2D eigenvalue weighted by Gasteiger charge is 2.13. The molecule has 0 aliphatic heterocycles. The highest BCUT2D eigenvalue weighted by atomic mass is 16.5. The average Bonchev–Trinajstić information content (AvgIpc) is 2.15. The molecule has 0 bridgehead atoms. The van der Waals surface area contributed by atoms with Gasteiger partial charge in [-0.2, -0.15) is 0 Å². The van der Waals surface area contributed by atoms with E-state index in [1.165, 1.54) is 19.3 Å². The lowest BCUT2D eigenvalue weighted by Crippen LogP contribution is -2.22. The van der Waals surface area contributed by atoms with Gasteiger partial charge in [-0.3, -0.25) is 0 Å². The van der Waals surface area contributed by atoms with Crippen molar-refractivity contribution >= 4 is 0 Å². The molecule has 0 saturated heterocycles. The summed E-state index contributed by atoms with van der Waals surface area (Å²) >= 11 is 0. The quantitative estimate of drug-likeness (QED) is 0.406. The SMILES string of the molecule is C=CCCCCC(OCC(C)C)C(C)C. The summed E-state index contributed by atoms with van der Waals surface area (Å²) in [7, 11) is 0. The monoisotopic (exact) mass is 212 g/mol. The molecule has 0 N–H and O–H groups in total. The van der Waals surface area contributed by atoms with Gasteiger partial charge in [0.2, 0.25) is 0 Å². The molecule has 0 radical (unpaired) electrons. The minimum atomic E-state index is 0.442. The van der Waals surface area contributed by atoms with Gasteiger partial charge in [0.05, 0.1) is 6.10 Å². The van der Waals surface area contributed by atoms with Crippen LogP contribution in [-0.2, 0) is 4.74 Å². The van der Waals surface area contributed by atoms with Crippen LogP contribution in [0.5, 0.6) is 0 Å². The molecule has 1 unspecified atom stereocenters. The summed E-state index contributed by atoms with van der Waals surface area (Å²) < 4.78 is 5.92. The highest BCUT2D eigenvalue weighted by Crippen LogP contribution is 2.16. The Hall–Kier alpha value is -0.300. The van der Waals surface area contributed by atoms with Crippen molar-refractivity contribution in [2.45, 2.75) is 59.5 Å². The van der Waals surface area contributed by atoms with E-state index in [-0.39, 0.29) is 0 Å². The first-order chi connectivity index (χ1) is 7.07. The molecule has 1 heteroatoms. The molecule has 0 fully saturated rings. The molecular weight excluding hydrogens is 184 g/mol. The topological polar surface area (TPSA) is 9.23 Å². The van der Waals surface area contributed by atoms with Crippen molar-refractivity contribution in [3.63, 3.8) is 0 Å². The predicted octanol–water partition coefficient (Wildman–Crippen LogP) is 4.43. The molecule has 0 aromatic carbocycles. The van der Waals surface area contributed by atoms with Gasteiger partial charge >= 0.3 is 0 Å². The molecule has 0 saturated carbocycles. The third-order valence-corrected chi connectivity index (χ3v) is 2.53. The largest absolute Gasteiger partial charge is 0.378 e. The maximum atomic E-state index is 5.92. The summed E-state index contributed by atoms with van der Waals surface area (Å²) in [6.07, 6.45) is 7.27. The van der Waals surface area contributed by atoms with E-state index in [2.05, 4.69) is 34.3 Å². The summed E-state index contributed by atoms with van der Waals surface area (Å²) in [5.74, 6) is 1.27. The number of rotatable bonds is 9. The molecule has 0 aliphatic carbocycles. The molecule has 0 heterocycles. The van der Waals surface area contributed by atoms with Crippen LogP contribution in [0.3, 0.4) is 0 Å². The van der Waals surface area contributed by atoms with Crippen LogP contribution in [0.4, 0.5) is 0 Å². The Morgan fingerprint density at radius 1 is 1.13 bits per heavy atom. The zero-order chi connectivity index (χ0) is 11.7. The fourth-order valence-corrected chi connectivity index (χ4v) is 1.56. The van der Waals surface area contributed by atoms with E-state index >= 15 is 0 Å². The van der Waals surface area contributed by atoms with Crippen LogP contribution < -0.4 is 0 Å². The lowest BCUT2D eigenvalue weighted by atomic mass is 10.0. The molecule has 0 amide bonds. The molecule has 0 aromatic heterocycles. The normalized spacial score (nSPS) is 13.5. The second-order valence-electron chi connectivity index (χ2n) is 5.08. The first-order valence-electron chi connectivity index (χ1n) is 6.30. The van der Waals surface area contributed by atoms with Crippen molar-refractivity contribution in [3.05, 3.63) is 12.7 Å². The van der Waals surface area contributed by atoms with E-state index in [4.69, 9.17) is 4.74 Å². The van der Waals surface area contributed by atoms with Crippen LogP contribution >= 0.6 is 0 Å². The Bertz CT molecular complexity index is 149. The van der Waals surface area contributed by atoms with Crippen molar-refractivity contribution < 1.29 is 4.74 Å². The molecule has 1 atom stereocenters. The zero-order valence-electron chi connectivity index (χ0n) is 11.0. The van der Waals surface area contributed by atoms with Crippen LogP contribution in [-0.4, -0.2) is 12.7 Å². The number of ether oxygens (including phenoxy) is 1. The number of allylic oxidation sites excluding steroid dienone is 1. The van der Waals surface area contributed by atoms with Crippen LogP contribution in [0.2, 0.25) is 0 Å². The van der Waals surface area contributed by atoms with E-state index in [0.29, 0.717) is 17.9 Å². The van der Waals surface area contributed by atoms with E-state index < -0.39 is 0 Å². The Kier molecular flexibility index (Phi) is 8.79. The molecule has 0 spiro atoms. The van der Waals surface area contributed by atoms with Crippen molar-refractivity contribution in [3.8, 4) is 0 Å². The van der Waals surface area contributed by atoms with Crippen LogP contribution in [0.25, 0.3) is 0 Å². The number of unbranched alkanes of at least 4 members (excludes halogenated alkanes) is 2.